The minimum absolute atomic E-state index is 0.221. The van der Waals surface area contributed by atoms with E-state index in [-0.39, 0.29) is 18.3 Å². The maximum atomic E-state index is 13.0. The highest BCUT2D eigenvalue weighted by Gasteiger charge is 2.10. The normalized spacial score (nSPS) is 10.0. The van der Waals surface area contributed by atoms with Crippen molar-refractivity contribution < 1.29 is 9.18 Å². The highest BCUT2D eigenvalue weighted by molar-refractivity contribution is 5.93. The van der Waals surface area contributed by atoms with E-state index in [9.17, 15) is 9.18 Å². The molecule has 27 heavy (non-hydrogen) atoms. The predicted octanol–water partition coefficient (Wildman–Crippen LogP) is 3.06. The Hall–Kier alpha value is -3.59. The maximum absolute atomic E-state index is 13.0. The third-order valence-corrected chi connectivity index (χ3v) is 3.92. The van der Waals surface area contributed by atoms with E-state index < -0.39 is 0 Å². The van der Waals surface area contributed by atoms with Crippen LogP contribution < -0.4 is 10.2 Å². The molecule has 0 bridgehead atoms. The van der Waals surface area contributed by atoms with Crippen LogP contribution in [0, 0.1) is 17.7 Å². The van der Waals surface area contributed by atoms with E-state index in [4.69, 9.17) is 0 Å². The van der Waals surface area contributed by atoms with E-state index in [1.165, 1.54) is 12.1 Å². The van der Waals surface area contributed by atoms with E-state index in [1.54, 1.807) is 18.2 Å². The van der Waals surface area contributed by atoms with Gasteiger partial charge in [-0.2, -0.15) is 5.10 Å². The molecule has 1 amide bonds. The standard InChI is InChI=1S/C21H19FN4O/c1-26(2)18-11-5-15(6-12-18)4-3-13-23-21(27)20-14-19(24-25-20)16-7-9-17(22)10-8-16/h5-12,14H,13H2,1-2H3,(H,23,27)(H,24,25). The zero-order valence-electron chi connectivity index (χ0n) is 15.1. The monoisotopic (exact) mass is 362 g/mol. The number of nitrogens with one attached hydrogen (secondary N) is 2. The van der Waals surface area contributed by atoms with Crippen LogP contribution >= 0.6 is 0 Å². The molecule has 1 heterocycles. The third kappa shape index (κ3) is 4.73. The number of anilines is 1. The van der Waals surface area contributed by atoms with E-state index in [0.717, 1.165) is 16.8 Å². The molecule has 0 unspecified atom stereocenters. The van der Waals surface area contributed by atoms with Gasteiger partial charge < -0.3 is 10.2 Å². The van der Waals surface area contributed by atoms with Gasteiger partial charge in [-0.15, -0.1) is 0 Å². The van der Waals surface area contributed by atoms with Crippen molar-refractivity contribution >= 4 is 11.6 Å². The Bertz CT molecular complexity index is 980. The summed E-state index contributed by atoms with van der Waals surface area (Å²) in [5.74, 6) is 5.32. The van der Waals surface area contributed by atoms with Crippen LogP contribution in [0.1, 0.15) is 16.1 Å². The number of hydrogen-bond acceptors (Lipinski definition) is 3. The Morgan fingerprint density at radius 1 is 1.15 bits per heavy atom. The predicted molar refractivity (Wildman–Crippen MR) is 104 cm³/mol. The van der Waals surface area contributed by atoms with Gasteiger partial charge in [-0.1, -0.05) is 11.8 Å². The summed E-state index contributed by atoms with van der Waals surface area (Å²) < 4.78 is 13.0. The lowest BCUT2D eigenvalue weighted by molar-refractivity contribution is 0.0953. The molecule has 6 heteroatoms. The molecule has 0 atom stereocenters. The van der Waals surface area contributed by atoms with Crippen LogP contribution in [0.3, 0.4) is 0 Å². The van der Waals surface area contributed by atoms with Crippen molar-refractivity contribution in [3.8, 4) is 23.1 Å². The molecule has 0 fully saturated rings. The van der Waals surface area contributed by atoms with Crippen LogP contribution in [0.2, 0.25) is 0 Å². The number of aromatic amines is 1. The van der Waals surface area contributed by atoms with Gasteiger partial charge in [0.2, 0.25) is 0 Å². The van der Waals surface area contributed by atoms with Gasteiger partial charge in [0.15, 0.2) is 0 Å². The van der Waals surface area contributed by atoms with Crippen LogP contribution in [0.5, 0.6) is 0 Å². The molecule has 0 saturated carbocycles. The molecule has 0 saturated heterocycles. The fourth-order valence-electron chi connectivity index (χ4n) is 2.42. The zero-order chi connectivity index (χ0) is 19.2. The molecule has 5 nitrogen and oxygen atoms in total. The molecule has 0 radical (unpaired) electrons. The lowest BCUT2D eigenvalue weighted by atomic mass is 10.1. The SMILES string of the molecule is CN(C)c1ccc(C#CCNC(=O)c2cc(-c3ccc(F)cc3)n[nH]2)cc1. The molecule has 0 aliphatic heterocycles. The summed E-state index contributed by atoms with van der Waals surface area (Å²) in [4.78, 5) is 14.2. The second-order valence-electron chi connectivity index (χ2n) is 6.10. The first-order valence-electron chi connectivity index (χ1n) is 8.39. The number of benzene rings is 2. The summed E-state index contributed by atoms with van der Waals surface area (Å²) in [7, 11) is 3.96. The third-order valence-electron chi connectivity index (χ3n) is 3.92. The van der Waals surface area contributed by atoms with E-state index >= 15 is 0 Å². The summed E-state index contributed by atoms with van der Waals surface area (Å²) in [6, 6.07) is 15.4. The number of rotatable bonds is 4. The number of hydrogen-bond donors (Lipinski definition) is 2. The lowest BCUT2D eigenvalue weighted by Gasteiger charge is -2.11. The van der Waals surface area contributed by atoms with Gasteiger partial charge >= 0.3 is 0 Å². The van der Waals surface area contributed by atoms with Gasteiger partial charge in [0.25, 0.3) is 5.91 Å². The van der Waals surface area contributed by atoms with E-state index in [0.29, 0.717) is 11.4 Å². The van der Waals surface area contributed by atoms with Gasteiger partial charge in [-0.25, -0.2) is 4.39 Å². The fourth-order valence-corrected chi connectivity index (χ4v) is 2.42. The first kappa shape index (κ1) is 18.2. The first-order valence-corrected chi connectivity index (χ1v) is 8.39. The fraction of sp³-hybridized carbons (Fsp3) is 0.143. The molecular weight excluding hydrogens is 343 g/mol. The number of aromatic nitrogens is 2. The van der Waals surface area contributed by atoms with Gasteiger partial charge in [-0.05, 0) is 54.6 Å². The Morgan fingerprint density at radius 3 is 2.52 bits per heavy atom. The molecule has 2 N–H and O–H groups in total. The lowest BCUT2D eigenvalue weighted by Crippen LogP contribution is -2.23. The summed E-state index contributed by atoms with van der Waals surface area (Å²) in [5, 5.41) is 9.49. The highest BCUT2D eigenvalue weighted by Crippen LogP contribution is 2.17. The average Bonchev–Trinajstić information content (AvgIpc) is 3.16. The molecule has 3 rings (SSSR count). The number of nitrogens with zero attached hydrogens (tertiary/aromatic N) is 2. The molecule has 136 valence electrons. The van der Waals surface area contributed by atoms with Crippen LogP contribution in [-0.4, -0.2) is 36.7 Å². The summed E-state index contributed by atoms with van der Waals surface area (Å²) in [6.07, 6.45) is 0. The Kier molecular flexibility index (Phi) is 5.53. The second kappa shape index (κ2) is 8.19. The van der Waals surface area contributed by atoms with Crippen molar-refractivity contribution in [3.05, 3.63) is 71.7 Å². The van der Waals surface area contributed by atoms with Gasteiger partial charge in [0.1, 0.15) is 11.5 Å². The molecule has 2 aromatic carbocycles. The maximum Gasteiger partial charge on any atom is 0.270 e. The number of amides is 1. The van der Waals surface area contributed by atoms with Crippen molar-refractivity contribution in [2.75, 3.05) is 25.5 Å². The van der Waals surface area contributed by atoms with Crippen LogP contribution in [0.15, 0.2) is 54.6 Å². The van der Waals surface area contributed by atoms with Crippen LogP contribution in [0.4, 0.5) is 10.1 Å². The molecule has 0 spiro atoms. The molecule has 0 aliphatic rings. The molecule has 1 aromatic heterocycles. The zero-order valence-corrected chi connectivity index (χ0v) is 15.1. The highest BCUT2D eigenvalue weighted by atomic mass is 19.1. The minimum atomic E-state index is -0.317. The van der Waals surface area contributed by atoms with Crippen molar-refractivity contribution in [2.45, 2.75) is 0 Å². The quantitative estimate of drug-likeness (QED) is 0.701. The first-order chi connectivity index (χ1) is 13.0. The number of H-pyrrole nitrogens is 1. The van der Waals surface area contributed by atoms with E-state index in [1.807, 2.05) is 43.3 Å². The van der Waals surface area contributed by atoms with E-state index in [2.05, 4.69) is 27.4 Å². The largest absolute Gasteiger partial charge is 0.378 e. The topological polar surface area (TPSA) is 61.0 Å². The van der Waals surface area contributed by atoms with Crippen molar-refractivity contribution in [3.63, 3.8) is 0 Å². The Morgan fingerprint density at radius 2 is 1.85 bits per heavy atom. The number of carbonyl (C=O) groups is 1. The van der Waals surface area contributed by atoms with Crippen LogP contribution in [-0.2, 0) is 0 Å². The molecular formula is C21H19FN4O. The van der Waals surface area contributed by atoms with Gasteiger partial charge in [0, 0.05) is 30.9 Å². The van der Waals surface area contributed by atoms with Gasteiger partial charge in [-0.3, -0.25) is 9.89 Å². The number of carbonyl (C=O) groups excluding carboxylic acids is 1. The average molecular weight is 362 g/mol. The number of halogens is 1. The summed E-state index contributed by atoms with van der Waals surface area (Å²) >= 11 is 0. The molecule has 3 aromatic rings. The van der Waals surface area contributed by atoms with Crippen molar-refractivity contribution in [1.29, 1.82) is 0 Å². The summed E-state index contributed by atoms with van der Waals surface area (Å²) in [6.45, 7) is 0.221. The summed E-state index contributed by atoms with van der Waals surface area (Å²) in [5.41, 5.74) is 3.62. The minimum Gasteiger partial charge on any atom is -0.378 e. The van der Waals surface area contributed by atoms with Crippen LogP contribution in [0.25, 0.3) is 11.3 Å². The van der Waals surface area contributed by atoms with Crippen molar-refractivity contribution in [1.82, 2.24) is 15.5 Å². The van der Waals surface area contributed by atoms with Crippen molar-refractivity contribution in [2.24, 2.45) is 0 Å². The Balaban J connectivity index is 1.56. The van der Waals surface area contributed by atoms with Gasteiger partial charge in [0.05, 0.1) is 12.2 Å². The Labute approximate surface area is 157 Å². The smallest absolute Gasteiger partial charge is 0.270 e. The molecule has 0 aliphatic carbocycles. The second-order valence-corrected chi connectivity index (χ2v) is 6.10.